The predicted octanol–water partition coefficient (Wildman–Crippen LogP) is 0.841. The van der Waals surface area contributed by atoms with E-state index >= 15 is 0 Å². The maximum Gasteiger partial charge on any atom is 0.248 e. The molecule has 18 heavy (non-hydrogen) atoms. The summed E-state index contributed by atoms with van der Waals surface area (Å²) in [5.74, 6) is -0.357. The van der Waals surface area contributed by atoms with E-state index in [4.69, 9.17) is 5.73 Å². The van der Waals surface area contributed by atoms with Gasteiger partial charge in [0.15, 0.2) is 0 Å². The average Bonchev–Trinajstić information content (AvgIpc) is 2.34. The highest BCUT2D eigenvalue weighted by molar-refractivity contribution is 5.93. The molecule has 0 aliphatic carbocycles. The van der Waals surface area contributed by atoms with Crippen molar-refractivity contribution in [2.75, 3.05) is 33.2 Å². The van der Waals surface area contributed by atoms with Gasteiger partial charge in [-0.3, -0.25) is 9.69 Å². The number of aryl methyl sites for hydroxylation is 1. The summed E-state index contributed by atoms with van der Waals surface area (Å²) < 4.78 is 0. The zero-order valence-electron chi connectivity index (χ0n) is 11.1. The van der Waals surface area contributed by atoms with Crippen LogP contribution in [0.15, 0.2) is 18.2 Å². The van der Waals surface area contributed by atoms with Crippen molar-refractivity contribution in [1.82, 2.24) is 9.80 Å². The third kappa shape index (κ3) is 3.09. The van der Waals surface area contributed by atoms with Gasteiger partial charge in [0.2, 0.25) is 5.91 Å². The minimum absolute atomic E-state index is 0.357. The molecule has 0 atom stereocenters. The molecule has 1 saturated heterocycles. The van der Waals surface area contributed by atoms with Crippen molar-refractivity contribution in [3.63, 3.8) is 0 Å². The molecule has 98 valence electrons. The van der Waals surface area contributed by atoms with Crippen molar-refractivity contribution < 1.29 is 4.79 Å². The first-order valence-corrected chi connectivity index (χ1v) is 6.36. The van der Waals surface area contributed by atoms with Crippen LogP contribution in [0.3, 0.4) is 0 Å². The van der Waals surface area contributed by atoms with Crippen molar-refractivity contribution in [3.05, 3.63) is 34.9 Å². The Kier molecular flexibility index (Phi) is 3.99. The lowest BCUT2D eigenvalue weighted by atomic mass is 10.0. The number of piperazine rings is 1. The lowest BCUT2D eigenvalue weighted by Gasteiger charge is -2.32. The Morgan fingerprint density at radius 3 is 2.50 bits per heavy atom. The summed E-state index contributed by atoms with van der Waals surface area (Å²) in [5.41, 5.74) is 8.30. The fraction of sp³-hybridized carbons (Fsp3) is 0.500. The van der Waals surface area contributed by atoms with E-state index < -0.39 is 0 Å². The predicted molar refractivity (Wildman–Crippen MR) is 72.5 cm³/mol. The van der Waals surface area contributed by atoms with E-state index in [1.54, 1.807) is 0 Å². The summed E-state index contributed by atoms with van der Waals surface area (Å²) in [6.45, 7) is 7.45. The van der Waals surface area contributed by atoms with Gasteiger partial charge >= 0.3 is 0 Å². The second-order valence-corrected chi connectivity index (χ2v) is 5.08. The highest BCUT2D eigenvalue weighted by Gasteiger charge is 2.14. The average molecular weight is 247 g/mol. The fourth-order valence-electron chi connectivity index (χ4n) is 2.27. The van der Waals surface area contributed by atoms with Crippen molar-refractivity contribution in [2.45, 2.75) is 13.5 Å². The molecule has 0 unspecified atom stereocenters. The Morgan fingerprint density at radius 1 is 1.28 bits per heavy atom. The van der Waals surface area contributed by atoms with Crippen LogP contribution in [0.5, 0.6) is 0 Å². The summed E-state index contributed by atoms with van der Waals surface area (Å²) in [7, 11) is 2.16. The normalized spacial score (nSPS) is 17.9. The van der Waals surface area contributed by atoms with Crippen molar-refractivity contribution in [3.8, 4) is 0 Å². The molecule has 1 amide bonds. The lowest BCUT2D eigenvalue weighted by Crippen LogP contribution is -2.43. The van der Waals surface area contributed by atoms with E-state index in [1.165, 1.54) is 5.56 Å². The first-order valence-electron chi connectivity index (χ1n) is 6.36. The summed E-state index contributed by atoms with van der Waals surface area (Å²) in [5, 5.41) is 0. The molecular formula is C14H21N3O. The van der Waals surface area contributed by atoms with Crippen LogP contribution in [0.2, 0.25) is 0 Å². The minimum atomic E-state index is -0.357. The number of nitrogens with two attached hydrogens (primary N) is 1. The summed E-state index contributed by atoms with van der Waals surface area (Å²) >= 11 is 0. The van der Waals surface area contributed by atoms with Crippen molar-refractivity contribution in [1.29, 1.82) is 0 Å². The Hall–Kier alpha value is -1.39. The molecule has 1 fully saturated rings. The molecular weight excluding hydrogens is 226 g/mol. The zero-order valence-corrected chi connectivity index (χ0v) is 11.1. The molecule has 0 bridgehead atoms. The molecule has 0 radical (unpaired) electrons. The second-order valence-electron chi connectivity index (χ2n) is 5.08. The van der Waals surface area contributed by atoms with Gasteiger partial charge in [-0.05, 0) is 37.2 Å². The molecule has 0 saturated carbocycles. The van der Waals surface area contributed by atoms with Gasteiger partial charge in [-0.2, -0.15) is 0 Å². The Bertz CT molecular complexity index is 437. The zero-order chi connectivity index (χ0) is 13.1. The van der Waals surface area contributed by atoms with Gasteiger partial charge in [0.25, 0.3) is 0 Å². The number of nitrogens with zero attached hydrogens (tertiary/aromatic N) is 2. The first kappa shape index (κ1) is 13.1. The molecule has 1 aromatic carbocycles. The smallest absolute Gasteiger partial charge is 0.248 e. The van der Waals surface area contributed by atoms with Crippen LogP contribution in [0.1, 0.15) is 21.5 Å². The van der Waals surface area contributed by atoms with E-state index in [0.29, 0.717) is 5.56 Å². The van der Waals surface area contributed by atoms with Crippen molar-refractivity contribution >= 4 is 5.91 Å². The third-order valence-corrected chi connectivity index (χ3v) is 3.62. The Morgan fingerprint density at radius 2 is 1.94 bits per heavy atom. The summed E-state index contributed by atoms with van der Waals surface area (Å²) in [4.78, 5) is 15.9. The van der Waals surface area contributed by atoms with Crippen LogP contribution in [0.25, 0.3) is 0 Å². The van der Waals surface area contributed by atoms with Gasteiger partial charge in [0, 0.05) is 38.3 Å². The van der Waals surface area contributed by atoms with Crippen molar-refractivity contribution in [2.24, 2.45) is 5.73 Å². The summed E-state index contributed by atoms with van der Waals surface area (Å²) in [6.07, 6.45) is 0. The van der Waals surface area contributed by atoms with E-state index in [2.05, 4.69) is 16.8 Å². The number of likely N-dealkylation sites (N-methyl/N-ethyl adjacent to an activating group) is 1. The molecule has 1 aliphatic rings. The molecule has 0 spiro atoms. The Balaban J connectivity index is 2.03. The topological polar surface area (TPSA) is 49.6 Å². The maximum absolute atomic E-state index is 11.1. The monoisotopic (exact) mass is 247 g/mol. The van der Waals surface area contributed by atoms with Gasteiger partial charge in [-0.15, -0.1) is 0 Å². The number of carbonyl (C=O) groups is 1. The highest BCUT2D eigenvalue weighted by Crippen LogP contribution is 2.14. The largest absolute Gasteiger partial charge is 0.366 e. The molecule has 1 aliphatic heterocycles. The molecule has 4 nitrogen and oxygen atoms in total. The highest BCUT2D eigenvalue weighted by atomic mass is 16.1. The number of hydrogen-bond donors (Lipinski definition) is 1. The van der Waals surface area contributed by atoms with Gasteiger partial charge < -0.3 is 10.6 Å². The molecule has 1 aromatic rings. The van der Waals surface area contributed by atoms with Crippen LogP contribution in [0.4, 0.5) is 0 Å². The number of rotatable bonds is 3. The number of carbonyl (C=O) groups excluding carboxylic acids is 1. The molecule has 2 N–H and O–H groups in total. The number of amides is 1. The van der Waals surface area contributed by atoms with Gasteiger partial charge in [0.05, 0.1) is 0 Å². The van der Waals surface area contributed by atoms with E-state index in [-0.39, 0.29) is 5.91 Å². The summed E-state index contributed by atoms with van der Waals surface area (Å²) in [6, 6.07) is 5.72. The molecule has 1 heterocycles. The van der Waals surface area contributed by atoms with Gasteiger partial charge in [-0.1, -0.05) is 6.07 Å². The van der Waals surface area contributed by atoms with Crippen LogP contribution >= 0.6 is 0 Å². The quantitative estimate of drug-likeness (QED) is 0.861. The molecule has 2 rings (SSSR count). The Labute approximate surface area is 108 Å². The first-order chi connectivity index (χ1) is 8.56. The molecule has 0 aromatic heterocycles. The van der Waals surface area contributed by atoms with Crippen LogP contribution in [0, 0.1) is 6.92 Å². The van der Waals surface area contributed by atoms with Crippen LogP contribution in [-0.4, -0.2) is 48.9 Å². The van der Waals surface area contributed by atoms with Crippen LogP contribution < -0.4 is 5.73 Å². The van der Waals surface area contributed by atoms with E-state index in [9.17, 15) is 4.79 Å². The van der Waals surface area contributed by atoms with E-state index in [1.807, 2.05) is 25.1 Å². The number of primary amides is 1. The second kappa shape index (κ2) is 5.50. The minimum Gasteiger partial charge on any atom is -0.366 e. The maximum atomic E-state index is 11.1. The van der Waals surface area contributed by atoms with Gasteiger partial charge in [0.1, 0.15) is 0 Å². The molecule has 4 heteroatoms. The standard InChI is InChI=1S/C14H21N3O/c1-11-9-12(14(15)18)3-4-13(11)10-17-7-5-16(2)6-8-17/h3-4,9H,5-8,10H2,1-2H3,(H2,15,18). The number of hydrogen-bond acceptors (Lipinski definition) is 3. The fourth-order valence-corrected chi connectivity index (χ4v) is 2.27. The lowest BCUT2D eigenvalue weighted by molar-refractivity contribution is 0.1000. The van der Waals surface area contributed by atoms with Gasteiger partial charge in [-0.25, -0.2) is 0 Å². The van der Waals surface area contributed by atoms with Crippen LogP contribution in [-0.2, 0) is 6.54 Å². The van der Waals surface area contributed by atoms with E-state index in [0.717, 1.165) is 38.3 Å². The SMILES string of the molecule is Cc1cc(C(N)=O)ccc1CN1CCN(C)CC1. The third-order valence-electron chi connectivity index (χ3n) is 3.62. The number of benzene rings is 1.